The van der Waals surface area contributed by atoms with Crippen LogP contribution in [0, 0.1) is 11.8 Å². The number of aliphatic imine (C=N–C) groups is 1. The minimum atomic E-state index is -1.07. The third kappa shape index (κ3) is 2.86. The predicted molar refractivity (Wildman–Crippen MR) is 102 cm³/mol. The average molecular weight is 372 g/mol. The van der Waals surface area contributed by atoms with Crippen molar-refractivity contribution in [1.29, 1.82) is 0 Å². The molecule has 0 aliphatic carbocycles. The maximum Gasteiger partial charge on any atom is 0.305 e. The molecule has 0 amide bonds. The number of hydrogen-bond donors (Lipinski definition) is 1. The molecule has 3 heterocycles. The van der Waals surface area contributed by atoms with Crippen LogP contribution in [0.4, 0.5) is 5.69 Å². The Morgan fingerprint density at radius 1 is 1.37 bits per heavy atom. The van der Waals surface area contributed by atoms with Crippen LogP contribution in [0.1, 0.15) is 38.2 Å². The Kier molecular flexibility index (Phi) is 4.72. The fourth-order valence-corrected chi connectivity index (χ4v) is 5.20. The molecule has 4 rings (SSSR count). The number of fused-ring (bicyclic) bond motifs is 5. The Bertz CT molecular complexity index is 777. The first kappa shape index (κ1) is 18.4. The van der Waals surface area contributed by atoms with Gasteiger partial charge in [-0.2, -0.15) is 0 Å². The van der Waals surface area contributed by atoms with E-state index in [1.807, 2.05) is 18.2 Å². The van der Waals surface area contributed by atoms with Gasteiger partial charge in [-0.1, -0.05) is 19.4 Å². The van der Waals surface area contributed by atoms with Crippen molar-refractivity contribution in [3.8, 4) is 5.75 Å². The highest BCUT2D eigenvalue weighted by Gasteiger charge is 2.53. The van der Waals surface area contributed by atoms with Crippen molar-refractivity contribution in [2.75, 3.05) is 27.3 Å². The van der Waals surface area contributed by atoms with Gasteiger partial charge in [0.05, 0.1) is 37.2 Å². The number of carbonyl (C=O) groups is 1. The number of benzene rings is 1. The zero-order valence-electron chi connectivity index (χ0n) is 16.3. The average Bonchev–Trinajstić information content (AvgIpc) is 3.00. The summed E-state index contributed by atoms with van der Waals surface area (Å²) < 4.78 is 10.4. The van der Waals surface area contributed by atoms with Crippen LogP contribution < -0.4 is 4.74 Å². The standard InChI is InChI=1S/C21H28N2O4/c1-4-13-12-23-9-8-21(25)19-15(6-5-7-17(19)26-2)22-20(21)16(23)10-14(13)11-18(24)27-3/h5-7,13-14,16,25H,4,8-12H2,1-3H3/t13?,14?,16-,21-/m0/s1. The number of piperidine rings is 2. The number of carbonyl (C=O) groups excluding carboxylic acids is 1. The lowest BCUT2D eigenvalue weighted by Crippen LogP contribution is -2.60. The molecule has 27 heavy (non-hydrogen) atoms. The van der Waals surface area contributed by atoms with Gasteiger partial charge in [0.15, 0.2) is 0 Å². The maximum absolute atomic E-state index is 11.9. The first-order valence-electron chi connectivity index (χ1n) is 9.81. The summed E-state index contributed by atoms with van der Waals surface area (Å²) in [6, 6.07) is 5.79. The van der Waals surface area contributed by atoms with Crippen molar-refractivity contribution in [2.24, 2.45) is 16.8 Å². The molecule has 6 heteroatoms. The summed E-state index contributed by atoms with van der Waals surface area (Å²) in [5.74, 6) is 1.25. The van der Waals surface area contributed by atoms with Crippen LogP contribution >= 0.6 is 0 Å². The molecule has 0 radical (unpaired) electrons. The topological polar surface area (TPSA) is 71.4 Å². The van der Waals surface area contributed by atoms with Crippen molar-refractivity contribution in [3.05, 3.63) is 23.8 Å². The molecule has 0 spiro atoms. The van der Waals surface area contributed by atoms with Crippen LogP contribution in [-0.4, -0.2) is 55.0 Å². The van der Waals surface area contributed by atoms with E-state index in [0.29, 0.717) is 24.5 Å². The van der Waals surface area contributed by atoms with Crippen molar-refractivity contribution >= 4 is 17.4 Å². The number of nitrogens with zero attached hydrogens (tertiary/aromatic N) is 2. The van der Waals surface area contributed by atoms with Crippen LogP contribution in [-0.2, 0) is 15.1 Å². The Morgan fingerprint density at radius 2 is 2.19 bits per heavy atom. The summed E-state index contributed by atoms with van der Waals surface area (Å²) in [6.45, 7) is 3.94. The highest BCUT2D eigenvalue weighted by Crippen LogP contribution is 2.51. The van der Waals surface area contributed by atoms with Gasteiger partial charge in [-0.15, -0.1) is 0 Å². The van der Waals surface area contributed by atoms with Crippen LogP contribution in [0.5, 0.6) is 5.75 Å². The molecule has 1 aromatic carbocycles. The smallest absolute Gasteiger partial charge is 0.305 e. The third-order valence-corrected chi connectivity index (χ3v) is 6.66. The van der Waals surface area contributed by atoms with E-state index < -0.39 is 5.60 Å². The second-order valence-electron chi connectivity index (χ2n) is 7.92. The zero-order chi connectivity index (χ0) is 19.2. The molecule has 3 aliphatic rings. The predicted octanol–water partition coefficient (Wildman–Crippen LogP) is 2.65. The molecule has 1 N–H and O–H groups in total. The van der Waals surface area contributed by atoms with Crippen LogP contribution in [0.2, 0.25) is 0 Å². The summed E-state index contributed by atoms with van der Waals surface area (Å²) in [7, 11) is 3.08. The molecule has 3 aliphatic heterocycles. The zero-order valence-corrected chi connectivity index (χ0v) is 16.3. The first-order chi connectivity index (χ1) is 13.0. The summed E-state index contributed by atoms with van der Waals surface area (Å²) in [5, 5.41) is 11.6. The van der Waals surface area contributed by atoms with E-state index in [9.17, 15) is 9.90 Å². The first-order valence-corrected chi connectivity index (χ1v) is 9.81. The number of hydrogen-bond acceptors (Lipinski definition) is 6. The monoisotopic (exact) mass is 372 g/mol. The molecular weight excluding hydrogens is 344 g/mol. The molecule has 0 aromatic heterocycles. The molecule has 1 aromatic rings. The minimum absolute atomic E-state index is 0.0540. The number of aliphatic hydroxyl groups is 1. The molecule has 2 unspecified atom stereocenters. The Hall–Kier alpha value is -1.92. The fourth-order valence-electron chi connectivity index (χ4n) is 5.20. The van der Waals surface area contributed by atoms with E-state index in [-0.39, 0.29) is 17.9 Å². The molecule has 146 valence electrons. The van der Waals surface area contributed by atoms with Crippen LogP contribution in [0.3, 0.4) is 0 Å². The summed E-state index contributed by atoms with van der Waals surface area (Å²) in [6.07, 6.45) is 2.91. The van der Waals surface area contributed by atoms with Gasteiger partial charge in [0, 0.05) is 19.5 Å². The number of methoxy groups -OCH3 is 2. The number of ether oxygens (including phenoxy) is 2. The Morgan fingerprint density at radius 3 is 2.89 bits per heavy atom. The van der Waals surface area contributed by atoms with Gasteiger partial charge in [0.1, 0.15) is 11.4 Å². The number of esters is 1. The lowest BCUT2D eigenvalue weighted by molar-refractivity contribution is -0.143. The SMILES string of the molecule is CCC1CN2CC[C@@]3(O)C(=Nc4cccc(OC)c43)[C@@H]2CC1CC(=O)OC. The second kappa shape index (κ2) is 6.91. The van der Waals surface area contributed by atoms with Gasteiger partial charge in [-0.25, -0.2) is 0 Å². The van der Waals surface area contributed by atoms with E-state index in [4.69, 9.17) is 14.5 Å². The lowest BCUT2D eigenvalue weighted by atomic mass is 9.71. The summed E-state index contributed by atoms with van der Waals surface area (Å²) in [5.41, 5.74) is 1.34. The van der Waals surface area contributed by atoms with Gasteiger partial charge < -0.3 is 14.6 Å². The quantitative estimate of drug-likeness (QED) is 0.823. The molecule has 0 bridgehead atoms. The second-order valence-corrected chi connectivity index (χ2v) is 7.92. The van der Waals surface area contributed by atoms with Crippen molar-refractivity contribution in [3.63, 3.8) is 0 Å². The van der Waals surface area contributed by atoms with E-state index >= 15 is 0 Å². The molecule has 2 fully saturated rings. The Balaban J connectivity index is 1.67. The highest BCUT2D eigenvalue weighted by molar-refractivity contribution is 6.05. The molecular formula is C21H28N2O4. The van der Waals surface area contributed by atoms with Gasteiger partial charge in [-0.3, -0.25) is 14.7 Å². The number of rotatable bonds is 4. The maximum atomic E-state index is 11.9. The van der Waals surface area contributed by atoms with Gasteiger partial charge in [0.25, 0.3) is 0 Å². The Labute approximate surface area is 160 Å². The van der Waals surface area contributed by atoms with E-state index in [2.05, 4.69) is 11.8 Å². The van der Waals surface area contributed by atoms with E-state index in [0.717, 1.165) is 42.9 Å². The summed E-state index contributed by atoms with van der Waals surface area (Å²) in [4.78, 5) is 19.2. The fraction of sp³-hybridized carbons (Fsp3) is 0.619. The van der Waals surface area contributed by atoms with Crippen molar-refractivity contribution in [1.82, 2.24) is 4.90 Å². The molecule has 4 atom stereocenters. The van der Waals surface area contributed by atoms with Crippen molar-refractivity contribution < 1.29 is 19.4 Å². The third-order valence-electron chi connectivity index (χ3n) is 6.66. The van der Waals surface area contributed by atoms with Crippen LogP contribution in [0.25, 0.3) is 0 Å². The van der Waals surface area contributed by atoms with Crippen molar-refractivity contribution in [2.45, 2.75) is 44.2 Å². The molecule has 6 nitrogen and oxygen atoms in total. The van der Waals surface area contributed by atoms with E-state index in [1.165, 1.54) is 7.11 Å². The van der Waals surface area contributed by atoms with Gasteiger partial charge >= 0.3 is 5.97 Å². The van der Waals surface area contributed by atoms with E-state index in [1.54, 1.807) is 7.11 Å². The highest BCUT2D eigenvalue weighted by atomic mass is 16.5. The minimum Gasteiger partial charge on any atom is -0.496 e. The lowest BCUT2D eigenvalue weighted by Gasteiger charge is -2.50. The molecule has 2 saturated heterocycles. The van der Waals surface area contributed by atoms with Gasteiger partial charge in [0.2, 0.25) is 0 Å². The normalized spacial score (nSPS) is 32.1. The van der Waals surface area contributed by atoms with Crippen LogP contribution in [0.15, 0.2) is 23.2 Å². The van der Waals surface area contributed by atoms with Gasteiger partial charge in [-0.05, 0) is 36.8 Å². The summed E-state index contributed by atoms with van der Waals surface area (Å²) >= 11 is 0. The largest absolute Gasteiger partial charge is 0.496 e. The molecule has 0 saturated carbocycles.